The van der Waals surface area contributed by atoms with E-state index in [-0.39, 0.29) is 5.91 Å². The van der Waals surface area contributed by atoms with E-state index >= 15 is 0 Å². The van der Waals surface area contributed by atoms with Gasteiger partial charge in [-0.2, -0.15) is 5.26 Å². The van der Waals surface area contributed by atoms with Crippen LogP contribution in [0.4, 0.5) is 5.69 Å². The highest BCUT2D eigenvalue weighted by atomic mass is 16.2. The normalized spacial score (nSPS) is 15.3. The summed E-state index contributed by atoms with van der Waals surface area (Å²) in [5, 5.41) is 9.09. The van der Waals surface area contributed by atoms with Crippen LogP contribution in [0.15, 0.2) is 24.3 Å². The maximum atomic E-state index is 11.6. The van der Waals surface area contributed by atoms with Crippen LogP contribution in [0.1, 0.15) is 18.9 Å². The fourth-order valence-electron chi connectivity index (χ4n) is 2.26. The molecule has 1 aliphatic heterocycles. The fourth-order valence-corrected chi connectivity index (χ4v) is 2.26. The summed E-state index contributed by atoms with van der Waals surface area (Å²) in [5.41, 5.74) is 1.68. The Morgan fingerprint density at radius 3 is 2.56 bits per heavy atom. The molecule has 1 amide bonds. The molecule has 4 nitrogen and oxygen atoms in total. The molecule has 0 aromatic heterocycles. The van der Waals surface area contributed by atoms with Gasteiger partial charge in [-0.15, -0.1) is 0 Å². The number of nitriles is 1. The van der Waals surface area contributed by atoms with E-state index in [0.717, 1.165) is 31.9 Å². The van der Waals surface area contributed by atoms with E-state index in [9.17, 15) is 4.79 Å². The van der Waals surface area contributed by atoms with Crippen LogP contribution >= 0.6 is 0 Å². The van der Waals surface area contributed by atoms with Crippen molar-refractivity contribution in [2.24, 2.45) is 0 Å². The third kappa shape index (κ3) is 2.45. The van der Waals surface area contributed by atoms with E-state index in [1.165, 1.54) is 0 Å². The first kappa shape index (κ1) is 12.4. The Morgan fingerprint density at radius 1 is 1.28 bits per heavy atom. The van der Waals surface area contributed by atoms with Crippen molar-refractivity contribution in [1.29, 1.82) is 5.26 Å². The molecule has 0 spiro atoms. The van der Waals surface area contributed by atoms with Gasteiger partial charge in [0.1, 0.15) is 6.07 Å². The molecule has 4 heteroatoms. The fraction of sp³-hybridized carbons (Fsp3) is 0.429. The first-order chi connectivity index (χ1) is 8.76. The summed E-state index contributed by atoms with van der Waals surface area (Å²) in [4.78, 5) is 15.7. The molecule has 1 aromatic carbocycles. The van der Waals surface area contributed by atoms with Crippen LogP contribution in [0.2, 0.25) is 0 Å². The van der Waals surface area contributed by atoms with Gasteiger partial charge in [0.25, 0.3) is 0 Å². The third-order valence-electron chi connectivity index (χ3n) is 3.30. The number of para-hydroxylation sites is 1. The lowest BCUT2D eigenvalue weighted by atomic mass is 10.1. The Bertz CT molecular complexity index is 470. The number of nitrogens with zero attached hydrogens (tertiary/aromatic N) is 3. The molecule has 1 fully saturated rings. The third-order valence-corrected chi connectivity index (χ3v) is 3.30. The molecule has 0 N–H and O–H groups in total. The molecular formula is C14H17N3O. The quantitative estimate of drug-likeness (QED) is 0.793. The first-order valence-corrected chi connectivity index (χ1v) is 6.28. The second kappa shape index (κ2) is 5.54. The van der Waals surface area contributed by atoms with Gasteiger partial charge in [0.15, 0.2) is 0 Å². The SMILES string of the molecule is CCC(=O)N1CCN(c2ccccc2C#N)CC1. The summed E-state index contributed by atoms with van der Waals surface area (Å²) in [6, 6.07) is 9.83. The van der Waals surface area contributed by atoms with E-state index in [1.54, 1.807) is 0 Å². The molecule has 18 heavy (non-hydrogen) atoms. The van der Waals surface area contributed by atoms with E-state index in [0.29, 0.717) is 12.0 Å². The number of hydrogen-bond acceptors (Lipinski definition) is 3. The smallest absolute Gasteiger partial charge is 0.222 e. The summed E-state index contributed by atoms with van der Waals surface area (Å²) in [6.45, 7) is 4.97. The molecule has 0 saturated carbocycles. The Hall–Kier alpha value is -2.02. The number of hydrogen-bond donors (Lipinski definition) is 0. The van der Waals surface area contributed by atoms with E-state index < -0.39 is 0 Å². The number of amides is 1. The molecule has 0 atom stereocenters. The molecule has 0 aliphatic carbocycles. The Morgan fingerprint density at radius 2 is 1.94 bits per heavy atom. The van der Waals surface area contributed by atoms with Crippen molar-refractivity contribution in [1.82, 2.24) is 4.90 Å². The molecule has 0 bridgehead atoms. The zero-order valence-corrected chi connectivity index (χ0v) is 10.6. The Labute approximate surface area is 107 Å². The van der Waals surface area contributed by atoms with Crippen LogP contribution in [0, 0.1) is 11.3 Å². The van der Waals surface area contributed by atoms with Crippen molar-refractivity contribution in [3.05, 3.63) is 29.8 Å². The minimum Gasteiger partial charge on any atom is -0.367 e. The number of carbonyl (C=O) groups excluding carboxylic acids is 1. The zero-order chi connectivity index (χ0) is 13.0. The first-order valence-electron chi connectivity index (χ1n) is 6.28. The summed E-state index contributed by atoms with van der Waals surface area (Å²) in [7, 11) is 0. The summed E-state index contributed by atoms with van der Waals surface area (Å²) in [5.74, 6) is 0.211. The highest BCUT2D eigenvalue weighted by Crippen LogP contribution is 2.21. The topological polar surface area (TPSA) is 47.3 Å². The van der Waals surface area contributed by atoms with Gasteiger partial charge in [-0.25, -0.2) is 0 Å². The number of anilines is 1. The lowest BCUT2D eigenvalue weighted by molar-refractivity contribution is -0.131. The number of benzene rings is 1. The summed E-state index contributed by atoms with van der Waals surface area (Å²) in [6.07, 6.45) is 0.564. The second-order valence-electron chi connectivity index (χ2n) is 4.35. The van der Waals surface area contributed by atoms with Crippen molar-refractivity contribution in [2.75, 3.05) is 31.1 Å². The number of carbonyl (C=O) groups is 1. The predicted molar refractivity (Wildman–Crippen MR) is 70.2 cm³/mol. The highest BCUT2D eigenvalue weighted by Gasteiger charge is 2.21. The summed E-state index contributed by atoms with van der Waals surface area (Å²) < 4.78 is 0. The molecule has 0 unspecified atom stereocenters. The van der Waals surface area contributed by atoms with Crippen LogP contribution in [-0.4, -0.2) is 37.0 Å². The van der Waals surface area contributed by atoms with Crippen molar-refractivity contribution in [3.63, 3.8) is 0 Å². The van der Waals surface area contributed by atoms with Gasteiger partial charge >= 0.3 is 0 Å². The van der Waals surface area contributed by atoms with Crippen LogP contribution in [0.3, 0.4) is 0 Å². The minimum atomic E-state index is 0.211. The second-order valence-corrected chi connectivity index (χ2v) is 4.35. The summed E-state index contributed by atoms with van der Waals surface area (Å²) >= 11 is 0. The van der Waals surface area contributed by atoms with Gasteiger partial charge in [-0.3, -0.25) is 4.79 Å². The maximum absolute atomic E-state index is 11.6. The predicted octanol–water partition coefficient (Wildman–Crippen LogP) is 1.62. The van der Waals surface area contributed by atoms with Crippen LogP contribution < -0.4 is 4.90 Å². The molecular weight excluding hydrogens is 226 g/mol. The van der Waals surface area contributed by atoms with Crippen molar-refractivity contribution < 1.29 is 4.79 Å². The van der Waals surface area contributed by atoms with Crippen LogP contribution in [0.25, 0.3) is 0 Å². The zero-order valence-electron chi connectivity index (χ0n) is 10.6. The molecule has 1 saturated heterocycles. The van der Waals surface area contributed by atoms with Crippen LogP contribution in [-0.2, 0) is 4.79 Å². The average molecular weight is 243 g/mol. The number of rotatable bonds is 2. The van der Waals surface area contributed by atoms with Gasteiger partial charge in [-0.1, -0.05) is 19.1 Å². The Kier molecular flexibility index (Phi) is 3.83. The molecule has 2 rings (SSSR count). The van der Waals surface area contributed by atoms with Gasteiger partial charge in [0.05, 0.1) is 11.3 Å². The standard InChI is InChI=1S/C14H17N3O/c1-2-14(18)17-9-7-16(8-10-17)13-6-4-3-5-12(13)11-15/h3-6H,2,7-10H2,1H3. The number of piperazine rings is 1. The minimum absolute atomic E-state index is 0.211. The van der Waals surface area contributed by atoms with Crippen molar-refractivity contribution in [3.8, 4) is 6.07 Å². The van der Waals surface area contributed by atoms with Crippen molar-refractivity contribution >= 4 is 11.6 Å². The van der Waals surface area contributed by atoms with Gasteiger partial charge in [0.2, 0.25) is 5.91 Å². The highest BCUT2D eigenvalue weighted by molar-refractivity contribution is 5.76. The average Bonchev–Trinajstić information content (AvgIpc) is 2.46. The van der Waals surface area contributed by atoms with Crippen LogP contribution in [0.5, 0.6) is 0 Å². The maximum Gasteiger partial charge on any atom is 0.222 e. The van der Waals surface area contributed by atoms with E-state index in [1.807, 2.05) is 36.1 Å². The molecule has 1 heterocycles. The molecule has 1 aliphatic rings. The van der Waals surface area contributed by atoms with Crippen molar-refractivity contribution in [2.45, 2.75) is 13.3 Å². The van der Waals surface area contributed by atoms with E-state index in [2.05, 4.69) is 11.0 Å². The molecule has 0 radical (unpaired) electrons. The van der Waals surface area contributed by atoms with Gasteiger partial charge in [0, 0.05) is 32.6 Å². The largest absolute Gasteiger partial charge is 0.367 e. The molecule has 1 aromatic rings. The lowest BCUT2D eigenvalue weighted by Crippen LogP contribution is -2.48. The Balaban J connectivity index is 2.06. The van der Waals surface area contributed by atoms with E-state index in [4.69, 9.17) is 5.26 Å². The molecule has 94 valence electrons. The van der Waals surface area contributed by atoms with Gasteiger partial charge in [-0.05, 0) is 12.1 Å². The monoisotopic (exact) mass is 243 g/mol. The van der Waals surface area contributed by atoms with Gasteiger partial charge < -0.3 is 9.80 Å². The lowest BCUT2D eigenvalue weighted by Gasteiger charge is -2.36.